The zero-order valence-electron chi connectivity index (χ0n) is 13.7. The lowest BCUT2D eigenvalue weighted by Crippen LogP contribution is -2.31. The SMILES string of the molecule is COc1ccc(C(C)NC(=O)COC(=O)c2ccc(F)c(Cl)c2)cc1. The van der Waals surface area contributed by atoms with E-state index < -0.39 is 24.3 Å². The molecule has 0 aliphatic rings. The maximum absolute atomic E-state index is 13.1. The Bertz CT molecular complexity index is 764. The van der Waals surface area contributed by atoms with Gasteiger partial charge >= 0.3 is 5.97 Å². The number of hydrogen-bond acceptors (Lipinski definition) is 4. The molecule has 0 saturated carbocycles. The number of ether oxygens (including phenoxy) is 2. The van der Waals surface area contributed by atoms with Gasteiger partial charge in [-0.1, -0.05) is 23.7 Å². The first kappa shape index (κ1) is 18.7. The largest absolute Gasteiger partial charge is 0.497 e. The Kier molecular flexibility index (Phi) is 6.36. The molecule has 2 aromatic carbocycles. The Hall–Kier alpha value is -2.60. The van der Waals surface area contributed by atoms with E-state index in [-0.39, 0.29) is 16.6 Å². The molecule has 0 aliphatic carbocycles. The summed E-state index contributed by atoms with van der Waals surface area (Å²) in [6.07, 6.45) is 0. The minimum atomic E-state index is -0.755. The van der Waals surface area contributed by atoms with Crippen LogP contribution in [-0.2, 0) is 9.53 Å². The Morgan fingerprint density at radius 3 is 2.48 bits per heavy atom. The van der Waals surface area contributed by atoms with E-state index in [9.17, 15) is 14.0 Å². The first-order valence-corrected chi connectivity index (χ1v) is 7.84. The van der Waals surface area contributed by atoms with E-state index in [4.69, 9.17) is 21.1 Å². The van der Waals surface area contributed by atoms with Gasteiger partial charge in [-0.3, -0.25) is 4.79 Å². The number of esters is 1. The molecule has 0 aliphatic heterocycles. The standard InChI is InChI=1S/C18H17ClFNO4/c1-11(12-3-6-14(24-2)7-4-12)21-17(22)10-25-18(23)13-5-8-16(20)15(19)9-13/h3-9,11H,10H2,1-2H3,(H,21,22). The fourth-order valence-corrected chi connectivity index (χ4v) is 2.28. The Labute approximate surface area is 149 Å². The van der Waals surface area contributed by atoms with E-state index in [1.807, 2.05) is 12.1 Å². The molecular weight excluding hydrogens is 349 g/mol. The van der Waals surface area contributed by atoms with Crippen LogP contribution in [0, 0.1) is 5.82 Å². The number of rotatable bonds is 6. The summed E-state index contributed by atoms with van der Waals surface area (Å²) in [7, 11) is 1.57. The fraction of sp³-hybridized carbons (Fsp3) is 0.222. The lowest BCUT2D eigenvalue weighted by atomic mass is 10.1. The van der Waals surface area contributed by atoms with E-state index in [1.165, 1.54) is 6.07 Å². The Morgan fingerprint density at radius 2 is 1.88 bits per heavy atom. The summed E-state index contributed by atoms with van der Waals surface area (Å²) in [5.74, 6) is -1.13. The quantitative estimate of drug-likeness (QED) is 0.795. The summed E-state index contributed by atoms with van der Waals surface area (Å²) < 4.78 is 23.1. The van der Waals surface area contributed by atoms with Crippen molar-refractivity contribution < 1.29 is 23.5 Å². The zero-order chi connectivity index (χ0) is 18.4. The fourth-order valence-electron chi connectivity index (χ4n) is 2.10. The topological polar surface area (TPSA) is 64.6 Å². The first-order chi connectivity index (χ1) is 11.9. The minimum Gasteiger partial charge on any atom is -0.497 e. The maximum Gasteiger partial charge on any atom is 0.338 e. The molecule has 0 saturated heterocycles. The molecule has 5 nitrogen and oxygen atoms in total. The van der Waals surface area contributed by atoms with Crippen LogP contribution in [0.4, 0.5) is 4.39 Å². The van der Waals surface area contributed by atoms with Gasteiger partial charge in [0, 0.05) is 0 Å². The Balaban J connectivity index is 1.86. The third-order valence-corrected chi connectivity index (χ3v) is 3.77. The highest BCUT2D eigenvalue weighted by molar-refractivity contribution is 6.31. The molecule has 0 radical (unpaired) electrons. The average Bonchev–Trinajstić information content (AvgIpc) is 2.62. The van der Waals surface area contributed by atoms with Gasteiger partial charge in [0.1, 0.15) is 11.6 Å². The van der Waals surface area contributed by atoms with Gasteiger partial charge in [-0.2, -0.15) is 0 Å². The second kappa shape index (κ2) is 8.48. The van der Waals surface area contributed by atoms with Gasteiger partial charge in [0.15, 0.2) is 6.61 Å². The number of methoxy groups -OCH3 is 1. The van der Waals surface area contributed by atoms with Crippen molar-refractivity contribution in [2.75, 3.05) is 13.7 Å². The molecule has 0 aromatic heterocycles. The summed E-state index contributed by atoms with van der Waals surface area (Å²) >= 11 is 5.61. The third kappa shape index (κ3) is 5.19. The van der Waals surface area contributed by atoms with Crippen LogP contribution in [-0.4, -0.2) is 25.6 Å². The van der Waals surface area contributed by atoms with Gasteiger partial charge in [-0.05, 0) is 42.8 Å². The molecule has 1 N–H and O–H groups in total. The number of benzene rings is 2. The molecule has 0 spiro atoms. The van der Waals surface area contributed by atoms with Crippen molar-refractivity contribution >= 4 is 23.5 Å². The van der Waals surface area contributed by atoms with Gasteiger partial charge in [-0.15, -0.1) is 0 Å². The smallest absolute Gasteiger partial charge is 0.338 e. The van der Waals surface area contributed by atoms with E-state index in [2.05, 4.69) is 5.32 Å². The van der Waals surface area contributed by atoms with Crippen LogP contribution in [0.1, 0.15) is 28.9 Å². The monoisotopic (exact) mass is 365 g/mol. The van der Waals surface area contributed by atoms with Crippen LogP contribution in [0.5, 0.6) is 5.75 Å². The molecule has 2 rings (SSSR count). The number of hydrogen-bond donors (Lipinski definition) is 1. The van der Waals surface area contributed by atoms with Gasteiger partial charge in [0.05, 0.1) is 23.7 Å². The highest BCUT2D eigenvalue weighted by Gasteiger charge is 2.14. The predicted octanol–water partition coefficient (Wildman–Crippen LogP) is 3.52. The van der Waals surface area contributed by atoms with E-state index >= 15 is 0 Å². The molecule has 1 amide bonds. The van der Waals surface area contributed by atoms with Crippen LogP contribution in [0.15, 0.2) is 42.5 Å². The summed E-state index contributed by atoms with van der Waals surface area (Å²) in [5, 5.41) is 2.53. The number of carbonyl (C=O) groups excluding carboxylic acids is 2. The minimum absolute atomic E-state index is 0.0717. The summed E-state index contributed by atoms with van der Waals surface area (Å²) in [6.45, 7) is 1.36. The van der Waals surface area contributed by atoms with E-state index in [1.54, 1.807) is 26.2 Å². The number of amides is 1. The summed E-state index contributed by atoms with van der Waals surface area (Å²) in [4.78, 5) is 23.7. The van der Waals surface area contributed by atoms with Crippen molar-refractivity contribution in [2.45, 2.75) is 13.0 Å². The number of halogens is 2. The zero-order valence-corrected chi connectivity index (χ0v) is 14.5. The van der Waals surface area contributed by atoms with Crippen molar-refractivity contribution in [3.8, 4) is 5.75 Å². The lowest BCUT2D eigenvalue weighted by molar-refractivity contribution is -0.124. The van der Waals surface area contributed by atoms with Crippen LogP contribution in [0.2, 0.25) is 5.02 Å². The maximum atomic E-state index is 13.1. The first-order valence-electron chi connectivity index (χ1n) is 7.46. The molecule has 2 aromatic rings. The highest BCUT2D eigenvalue weighted by Crippen LogP contribution is 2.18. The number of carbonyl (C=O) groups is 2. The van der Waals surface area contributed by atoms with Crippen molar-refractivity contribution in [3.63, 3.8) is 0 Å². The molecule has 132 valence electrons. The second-order valence-corrected chi connectivity index (χ2v) is 5.67. The molecule has 0 fully saturated rings. The second-order valence-electron chi connectivity index (χ2n) is 5.27. The molecule has 1 unspecified atom stereocenters. The predicted molar refractivity (Wildman–Crippen MR) is 91.2 cm³/mol. The molecule has 1 atom stereocenters. The van der Waals surface area contributed by atoms with Crippen molar-refractivity contribution in [1.29, 1.82) is 0 Å². The van der Waals surface area contributed by atoms with Crippen molar-refractivity contribution in [2.24, 2.45) is 0 Å². The van der Waals surface area contributed by atoms with Crippen LogP contribution in [0.25, 0.3) is 0 Å². The normalized spacial score (nSPS) is 11.5. The van der Waals surface area contributed by atoms with Gasteiger partial charge < -0.3 is 14.8 Å². The van der Waals surface area contributed by atoms with Crippen LogP contribution in [0.3, 0.4) is 0 Å². The van der Waals surface area contributed by atoms with Crippen LogP contribution < -0.4 is 10.1 Å². The lowest BCUT2D eigenvalue weighted by Gasteiger charge is -2.15. The van der Waals surface area contributed by atoms with Crippen LogP contribution >= 0.6 is 11.6 Å². The van der Waals surface area contributed by atoms with Gasteiger partial charge in [-0.25, -0.2) is 9.18 Å². The summed E-state index contributed by atoms with van der Waals surface area (Å²) in [6, 6.07) is 10.4. The third-order valence-electron chi connectivity index (χ3n) is 3.48. The average molecular weight is 366 g/mol. The highest BCUT2D eigenvalue weighted by atomic mass is 35.5. The molecule has 0 heterocycles. The van der Waals surface area contributed by atoms with E-state index in [0.29, 0.717) is 5.75 Å². The molecule has 0 bridgehead atoms. The molecule has 7 heteroatoms. The molecule has 25 heavy (non-hydrogen) atoms. The van der Waals surface area contributed by atoms with Gasteiger partial charge in [0.25, 0.3) is 5.91 Å². The van der Waals surface area contributed by atoms with E-state index in [0.717, 1.165) is 17.7 Å². The van der Waals surface area contributed by atoms with Crippen molar-refractivity contribution in [1.82, 2.24) is 5.32 Å². The van der Waals surface area contributed by atoms with Gasteiger partial charge in [0.2, 0.25) is 0 Å². The molecular formula is C18H17ClFNO4. The Morgan fingerprint density at radius 1 is 1.20 bits per heavy atom. The number of nitrogens with one attached hydrogen (secondary N) is 1. The van der Waals surface area contributed by atoms with Crippen molar-refractivity contribution in [3.05, 3.63) is 64.4 Å². The summed E-state index contributed by atoms with van der Waals surface area (Å²) in [5.41, 5.74) is 0.952.